The van der Waals surface area contributed by atoms with E-state index in [1.165, 1.54) is 20.7 Å². The summed E-state index contributed by atoms with van der Waals surface area (Å²) in [6.07, 6.45) is 0. The van der Waals surface area contributed by atoms with Gasteiger partial charge in [-0.1, -0.05) is 0 Å². The van der Waals surface area contributed by atoms with Crippen molar-refractivity contribution >= 4 is 60.7 Å². The summed E-state index contributed by atoms with van der Waals surface area (Å²) in [6, 6.07) is 15.1. The molecular formula is C16H9N5S4. The monoisotopic (exact) mass is 399 g/mol. The number of hydrogen-bond acceptors (Lipinski definition) is 9. The number of rotatable bonds is 5. The van der Waals surface area contributed by atoms with Gasteiger partial charge in [0.25, 0.3) is 0 Å². The highest BCUT2D eigenvalue weighted by Gasteiger charge is 2.01. The van der Waals surface area contributed by atoms with Crippen molar-refractivity contribution in [3.05, 3.63) is 53.3 Å². The lowest BCUT2D eigenvalue weighted by atomic mass is 10.3. The Morgan fingerprint density at radius 1 is 0.880 bits per heavy atom. The number of anilines is 2. The van der Waals surface area contributed by atoms with Gasteiger partial charge in [0.05, 0.1) is 5.69 Å². The lowest BCUT2D eigenvalue weighted by molar-refractivity contribution is 1.23. The Balaban J connectivity index is 1.71. The Morgan fingerprint density at radius 2 is 1.48 bits per heavy atom. The SMILES string of the molecule is N#CSc1ccc(N=c2nc(Nc3ccc(SC#N)cc3)ss2)cc1. The molecule has 1 N–H and O–H groups in total. The van der Waals surface area contributed by atoms with Crippen molar-refractivity contribution < 1.29 is 0 Å². The second-order valence-corrected chi connectivity index (χ2v) is 8.31. The maximum Gasteiger partial charge on any atom is 0.222 e. The fourth-order valence-electron chi connectivity index (χ4n) is 1.83. The summed E-state index contributed by atoms with van der Waals surface area (Å²) in [5, 5.41) is 25.4. The summed E-state index contributed by atoms with van der Waals surface area (Å²) in [5.74, 6) is 0. The molecule has 0 aliphatic carbocycles. The number of thioether (sulfide) groups is 2. The summed E-state index contributed by atoms with van der Waals surface area (Å²) in [5.41, 5.74) is 1.71. The first-order chi connectivity index (χ1) is 12.3. The van der Waals surface area contributed by atoms with Crippen LogP contribution >= 0.6 is 44.2 Å². The molecule has 1 heterocycles. The quantitative estimate of drug-likeness (QED) is 0.355. The second kappa shape index (κ2) is 8.70. The number of hydrogen-bond donors (Lipinski definition) is 1. The molecular weight excluding hydrogens is 390 g/mol. The third-order valence-corrected chi connectivity index (χ3v) is 6.02. The van der Waals surface area contributed by atoms with Crippen LogP contribution in [-0.2, 0) is 0 Å². The van der Waals surface area contributed by atoms with Gasteiger partial charge in [0.1, 0.15) is 10.8 Å². The van der Waals surface area contributed by atoms with Crippen molar-refractivity contribution in [1.29, 1.82) is 10.5 Å². The van der Waals surface area contributed by atoms with Gasteiger partial charge in [-0.25, -0.2) is 4.99 Å². The molecule has 122 valence electrons. The van der Waals surface area contributed by atoms with E-state index < -0.39 is 0 Å². The molecule has 0 saturated carbocycles. The van der Waals surface area contributed by atoms with Gasteiger partial charge in [0, 0.05) is 15.5 Å². The first-order valence-corrected chi connectivity index (χ1v) is 10.7. The molecule has 0 unspecified atom stereocenters. The van der Waals surface area contributed by atoms with Gasteiger partial charge < -0.3 is 5.32 Å². The predicted octanol–water partition coefficient (Wildman–Crippen LogP) is 5.33. The lowest BCUT2D eigenvalue weighted by Crippen LogP contribution is -1.99. The molecule has 0 aliphatic heterocycles. The zero-order chi connectivity index (χ0) is 17.5. The van der Waals surface area contributed by atoms with Gasteiger partial charge in [-0.05, 0) is 92.7 Å². The zero-order valence-electron chi connectivity index (χ0n) is 12.5. The summed E-state index contributed by atoms with van der Waals surface area (Å²) in [6.45, 7) is 0. The number of nitriles is 2. The minimum absolute atomic E-state index is 0.671. The van der Waals surface area contributed by atoms with Gasteiger partial charge >= 0.3 is 0 Å². The smallest absolute Gasteiger partial charge is 0.222 e. The van der Waals surface area contributed by atoms with Crippen molar-refractivity contribution in [2.45, 2.75) is 9.79 Å². The topological polar surface area (TPSA) is 84.9 Å². The third kappa shape index (κ3) is 5.08. The molecule has 0 atom stereocenters. The first-order valence-electron chi connectivity index (χ1n) is 6.88. The minimum Gasteiger partial charge on any atom is -0.331 e. The van der Waals surface area contributed by atoms with Gasteiger partial charge in [0.2, 0.25) is 4.80 Å². The molecule has 3 aromatic rings. The summed E-state index contributed by atoms with van der Waals surface area (Å²) in [4.78, 5) is 11.4. The van der Waals surface area contributed by atoms with Crippen LogP contribution in [0, 0.1) is 21.3 Å². The van der Waals surface area contributed by atoms with E-state index in [2.05, 4.69) is 15.3 Å². The van der Waals surface area contributed by atoms with Crippen molar-refractivity contribution in [1.82, 2.24) is 4.98 Å². The van der Waals surface area contributed by atoms with Crippen molar-refractivity contribution in [2.24, 2.45) is 4.99 Å². The maximum atomic E-state index is 8.65. The van der Waals surface area contributed by atoms with Crippen LogP contribution in [0.3, 0.4) is 0 Å². The predicted molar refractivity (Wildman–Crippen MR) is 104 cm³/mol. The molecule has 0 saturated heterocycles. The second-order valence-electron chi connectivity index (χ2n) is 4.51. The molecule has 0 amide bonds. The van der Waals surface area contributed by atoms with Crippen LogP contribution in [-0.4, -0.2) is 4.98 Å². The average molecular weight is 400 g/mol. The standard InChI is InChI=1S/C16H9N5S4/c17-9-22-13-5-1-11(2-6-13)19-15-21-16(25-24-15)20-12-3-7-14(8-4-12)23-10-18/h1-8H,(H,19,20,21). The zero-order valence-corrected chi connectivity index (χ0v) is 15.8. The molecule has 1 aromatic heterocycles. The third-order valence-electron chi connectivity index (χ3n) is 2.89. The molecule has 0 fully saturated rings. The molecule has 0 aliphatic rings. The van der Waals surface area contributed by atoms with E-state index >= 15 is 0 Å². The number of benzene rings is 2. The first kappa shape index (κ1) is 17.5. The molecule has 5 nitrogen and oxygen atoms in total. The number of nitrogens with one attached hydrogen (secondary N) is 1. The van der Waals surface area contributed by atoms with E-state index in [4.69, 9.17) is 10.5 Å². The van der Waals surface area contributed by atoms with E-state index in [0.717, 1.165) is 49.8 Å². The summed E-state index contributed by atoms with van der Waals surface area (Å²) in [7, 11) is 3.00. The van der Waals surface area contributed by atoms with E-state index in [0.29, 0.717) is 4.80 Å². The van der Waals surface area contributed by atoms with Gasteiger partial charge in [-0.2, -0.15) is 15.5 Å². The number of aromatic nitrogens is 1. The molecule has 2 aromatic carbocycles. The average Bonchev–Trinajstić information content (AvgIpc) is 3.06. The van der Waals surface area contributed by atoms with Crippen LogP contribution < -0.4 is 10.1 Å². The molecule has 25 heavy (non-hydrogen) atoms. The van der Waals surface area contributed by atoms with E-state index in [9.17, 15) is 0 Å². The highest BCUT2D eigenvalue weighted by atomic mass is 32.9. The fourth-order valence-corrected chi connectivity index (χ4v) is 4.27. The normalized spacial score (nSPS) is 10.9. The van der Waals surface area contributed by atoms with Crippen LogP contribution in [0.15, 0.2) is 63.3 Å². The molecule has 3 rings (SSSR count). The molecule has 0 bridgehead atoms. The minimum atomic E-state index is 0.671. The lowest BCUT2D eigenvalue weighted by Gasteiger charge is -2.01. The molecule has 9 heteroatoms. The van der Waals surface area contributed by atoms with Crippen LogP contribution in [0.5, 0.6) is 0 Å². The van der Waals surface area contributed by atoms with Crippen LogP contribution in [0.4, 0.5) is 16.5 Å². The van der Waals surface area contributed by atoms with E-state index in [1.54, 1.807) is 0 Å². The Kier molecular flexibility index (Phi) is 6.09. The van der Waals surface area contributed by atoms with Crippen molar-refractivity contribution in [3.63, 3.8) is 0 Å². The largest absolute Gasteiger partial charge is 0.331 e. The van der Waals surface area contributed by atoms with E-state index in [-0.39, 0.29) is 0 Å². The van der Waals surface area contributed by atoms with Crippen molar-refractivity contribution in [3.8, 4) is 10.8 Å². The summed E-state index contributed by atoms with van der Waals surface area (Å²) >= 11 is 2.26. The molecule has 0 radical (unpaired) electrons. The fraction of sp³-hybridized carbons (Fsp3) is 0. The molecule has 0 spiro atoms. The summed E-state index contributed by atoms with van der Waals surface area (Å²) < 4.78 is 0. The Morgan fingerprint density at radius 3 is 2.08 bits per heavy atom. The van der Waals surface area contributed by atoms with Crippen LogP contribution in [0.2, 0.25) is 0 Å². The number of nitrogens with zero attached hydrogens (tertiary/aromatic N) is 4. The van der Waals surface area contributed by atoms with Crippen LogP contribution in [0.25, 0.3) is 0 Å². The maximum absolute atomic E-state index is 8.65. The van der Waals surface area contributed by atoms with Gasteiger partial charge in [-0.3, -0.25) is 0 Å². The highest BCUT2D eigenvalue weighted by Crippen LogP contribution is 2.24. The van der Waals surface area contributed by atoms with Crippen LogP contribution in [0.1, 0.15) is 0 Å². The Labute approximate surface area is 160 Å². The Hall–Kier alpha value is -2.30. The Bertz CT molecular complexity index is 991. The van der Waals surface area contributed by atoms with Crippen molar-refractivity contribution in [2.75, 3.05) is 5.32 Å². The van der Waals surface area contributed by atoms with E-state index in [1.807, 2.05) is 59.3 Å². The van der Waals surface area contributed by atoms with Gasteiger partial charge in [0.15, 0.2) is 5.13 Å². The highest BCUT2D eigenvalue weighted by molar-refractivity contribution is 8.04. The number of thiocyanates is 2. The van der Waals surface area contributed by atoms with Gasteiger partial charge in [-0.15, -0.1) is 0 Å².